The summed E-state index contributed by atoms with van der Waals surface area (Å²) in [6, 6.07) is 12.6. The molecule has 1 aliphatic heterocycles. The summed E-state index contributed by atoms with van der Waals surface area (Å²) < 4.78 is 29.4. The summed E-state index contributed by atoms with van der Waals surface area (Å²) >= 11 is 1.28. The molecule has 2 N–H and O–H groups in total. The Balaban J connectivity index is 1.31. The number of rotatable bonds is 6. The number of aryl methyl sites for hydroxylation is 1. The fraction of sp³-hybridized carbons (Fsp3) is 0.318. The van der Waals surface area contributed by atoms with E-state index in [4.69, 9.17) is 0 Å². The third-order valence-electron chi connectivity index (χ3n) is 5.77. The van der Waals surface area contributed by atoms with Crippen LogP contribution < -0.4 is 5.32 Å². The lowest BCUT2D eigenvalue weighted by atomic mass is 10.2. The number of H-pyrrole nitrogens is 1. The summed E-state index contributed by atoms with van der Waals surface area (Å²) in [7, 11) is -3.57. The molecule has 172 valence electrons. The summed E-state index contributed by atoms with van der Waals surface area (Å²) in [4.78, 5) is 17.4. The highest BCUT2D eigenvalue weighted by atomic mass is 32.2. The Morgan fingerprint density at radius 3 is 2.76 bits per heavy atom. The van der Waals surface area contributed by atoms with Crippen LogP contribution in [0.2, 0.25) is 0 Å². The standard InChI is InChI=1S/C22H24N6O3S2/c1-15-9-10-16(33(30,31)27-11-5-2-6-12-27)13-18(15)23-20(29)14-32-22-26-25-21-24-17-7-3-4-8-19(17)28(21)22/h3-4,7-10,13H,2,5-6,11-12,14H2,1H3,(H,23,29)(H,24,25). The number of sulfonamides is 1. The van der Waals surface area contributed by atoms with Crippen molar-refractivity contribution in [3.63, 3.8) is 0 Å². The molecule has 2 aromatic heterocycles. The Morgan fingerprint density at radius 1 is 1.15 bits per heavy atom. The quantitative estimate of drug-likeness (QED) is 0.406. The second-order valence-corrected chi connectivity index (χ2v) is 10.9. The van der Waals surface area contributed by atoms with Gasteiger partial charge in [0.1, 0.15) is 0 Å². The lowest BCUT2D eigenvalue weighted by Crippen LogP contribution is -2.35. The monoisotopic (exact) mass is 484 g/mol. The number of anilines is 1. The maximum Gasteiger partial charge on any atom is 0.243 e. The average Bonchev–Trinajstić information content (AvgIpc) is 3.39. The van der Waals surface area contributed by atoms with Gasteiger partial charge in [-0.15, -0.1) is 5.10 Å². The highest BCUT2D eigenvalue weighted by Crippen LogP contribution is 2.26. The van der Waals surface area contributed by atoms with Crippen molar-refractivity contribution in [2.75, 3.05) is 24.2 Å². The molecule has 5 rings (SSSR count). The number of imidazole rings is 1. The predicted octanol–water partition coefficient (Wildman–Crippen LogP) is 3.42. The van der Waals surface area contributed by atoms with E-state index >= 15 is 0 Å². The predicted molar refractivity (Wildman–Crippen MR) is 128 cm³/mol. The molecule has 0 saturated carbocycles. The number of fused-ring (bicyclic) bond motifs is 3. The molecule has 1 aliphatic rings. The highest BCUT2D eigenvalue weighted by Gasteiger charge is 2.26. The molecule has 0 bridgehead atoms. The zero-order chi connectivity index (χ0) is 23.0. The molecule has 1 saturated heterocycles. The molecule has 1 fully saturated rings. The molecule has 0 unspecified atom stereocenters. The van der Waals surface area contributed by atoms with E-state index in [0.717, 1.165) is 35.9 Å². The number of thioether (sulfide) groups is 1. The number of para-hydroxylation sites is 2. The van der Waals surface area contributed by atoms with E-state index in [1.807, 2.05) is 35.6 Å². The minimum absolute atomic E-state index is 0.120. The Bertz CT molecular complexity index is 1440. The van der Waals surface area contributed by atoms with E-state index < -0.39 is 10.0 Å². The van der Waals surface area contributed by atoms with Crippen LogP contribution >= 0.6 is 11.8 Å². The molecule has 0 atom stereocenters. The molecule has 11 heteroatoms. The molecule has 9 nitrogen and oxygen atoms in total. The summed E-state index contributed by atoms with van der Waals surface area (Å²) in [5.41, 5.74) is 3.06. The van der Waals surface area contributed by atoms with Gasteiger partial charge in [-0.25, -0.2) is 18.5 Å². The molecule has 33 heavy (non-hydrogen) atoms. The first-order chi connectivity index (χ1) is 15.9. The Hall–Kier alpha value is -2.89. The van der Waals surface area contributed by atoms with Gasteiger partial charge < -0.3 is 5.32 Å². The van der Waals surface area contributed by atoms with Crippen molar-refractivity contribution >= 4 is 50.2 Å². The SMILES string of the molecule is Cc1ccc(S(=O)(=O)N2CCCCC2)cc1NC(=O)CSc1n[nH]c2nc3ccccc3n12. The minimum Gasteiger partial charge on any atom is -0.325 e. The number of benzene rings is 2. The van der Waals surface area contributed by atoms with Crippen molar-refractivity contribution in [3.8, 4) is 0 Å². The number of nitrogens with one attached hydrogen (secondary N) is 2. The van der Waals surface area contributed by atoms with Crippen LogP contribution in [0, 0.1) is 6.92 Å². The number of carbonyl (C=O) groups excluding carboxylic acids is 1. The highest BCUT2D eigenvalue weighted by molar-refractivity contribution is 7.99. The zero-order valence-corrected chi connectivity index (χ0v) is 19.7. The number of hydrogen-bond acceptors (Lipinski definition) is 6. The molecule has 2 aromatic carbocycles. The van der Waals surface area contributed by atoms with Gasteiger partial charge in [0.2, 0.25) is 21.7 Å². The van der Waals surface area contributed by atoms with E-state index in [1.54, 1.807) is 18.2 Å². The lowest BCUT2D eigenvalue weighted by molar-refractivity contribution is -0.113. The second-order valence-electron chi connectivity index (χ2n) is 8.04. The third kappa shape index (κ3) is 4.23. The molecule has 0 aliphatic carbocycles. The number of piperidine rings is 1. The minimum atomic E-state index is -3.57. The number of carbonyl (C=O) groups is 1. The van der Waals surface area contributed by atoms with Crippen molar-refractivity contribution < 1.29 is 13.2 Å². The molecular formula is C22H24N6O3S2. The maximum atomic E-state index is 13.0. The van der Waals surface area contributed by atoms with Crippen LogP contribution in [0.1, 0.15) is 24.8 Å². The van der Waals surface area contributed by atoms with Gasteiger partial charge >= 0.3 is 0 Å². The fourth-order valence-electron chi connectivity index (χ4n) is 4.01. The van der Waals surface area contributed by atoms with Crippen LogP contribution in [-0.2, 0) is 14.8 Å². The summed E-state index contributed by atoms with van der Waals surface area (Å²) in [6.45, 7) is 2.92. The Kier molecular flexibility index (Phi) is 5.85. The number of aromatic nitrogens is 4. The first-order valence-electron chi connectivity index (χ1n) is 10.8. The summed E-state index contributed by atoms with van der Waals surface area (Å²) in [5, 5.41) is 10.7. The van der Waals surface area contributed by atoms with E-state index in [1.165, 1.54) is 16.1 Å². The molecular weight excluding hydrogens is 460 g/mol. The third-order valence-corrected chi connectivity index (χ3v) is 8.61. The number of hydrogen-bond donors (Lipinski definition) is 2. The number of aromatic amines is 1. The van der Waals surface area contributed by atoms with E-state index in [2.05, 4.69) is 20.5 Å². The molecule has 0 spiro atoms. The van der Waals surface area contributed by atoms with Crippen molar-refractivity contribution in [2.24, 2.45) is 0 Å². The van der Waals surface area contributed by atoms with E-state index in [9.17, 15) is 13.2 Å². The molecule has 4 aromatic rings. The number of amides is 1. The lowest BCUT2D eigenvalue weighted by Gasteiger charge is -2.26. The van der Waals surface area contributed by atoms with Crippen molar-refractivity contribution in [3.05, 3.63) is 48.0 Å². The van der Waals surface area contributed by atoms with Crippen LogP contribution in [-0.4, -0.2) is 57.1 Å². The Morgan fingerprint density at radius 2 is 1.94 bits per heavy atom. The molecule has 1 amide bonds. The number of nitrogens with zero attached hydrogens (tertiary/aromatic N) is 4. The maximum absolute atomic E-state index is 13.0. The normalized spacial score (nSPS) is 15.3. The van der Waals surface area contributed by atoms with Crippen LogP contribution in [0.4, 0.5) is 5.69 Å². The molecule has 3 heterocycles. The molecule has 0 radical (unpaired) electrons. The van der Waals surface area contributed by atoms with Crippen molar-refractivity contribution in [2.45, 2.75) is 36.2 Å². The van der Waals surface area contributed by atoms with Crippen LogP contribution in [0.15, 0.2) is 52.5 Å². The Labute approximate surface area is 195 Å². The van der Waals surface area contributed by atoms with Gasteiger partial charge in [0.25, 0.3) is 0 Å². The largest absolute Gasteiger partial charge is 0.325 e. The van der Waals surface area contributed by atoms with Crippen LogP contribution in [0.5, 0.6) is 0 Å². The second kappa shape index (κ2) is 8.81. The van der Waals surface area contributed by atoms with Gasteiger partial charge in [-0.05, 0) is 49.6 Å². The topological polar surface area (TPSA) is 112 Å². The first-order valence-corrected chi connectivity index (χ1v) is 13.2. The summed E-state index contributed by atoms with van der Waals surface area (Å²) in [6.07, 6.45) is 2.80. The van der Waals surface area contributed by atoms with Gasteiger partial charge in [0.15, 0.2) is 5.16 Å². The smallest absolute Gasteiger partial charge is 0.243 e. The van der Waals surface area contributed by atoms with Crippen molar-refractivity contribution in [1.82, 2.24) is 23.9 Å². The summed E-state index contributed by atoms with van der Waals surface area (Å²) in [5.74, 6) is 0.497. The average molecular weight is 485 g/mol. The zero-order valence-electron chi connectivity index (χ0n) is 18.1. The van der Waals surface area contributed by atoms with Gasteiger partial charge in [-0.3, -0.25) is 9.20 Å². The fourth-order valence-corrected chi connectivity index (χ4v) is 6.31. The van der Waals surface area contributed by atoms with Gasteiger partial charge in [0.05, 0.1) is 21.7 Å². The van der Waals surface area contributed by atoms with Crippen molar-refractivity contribution in [1.29, 1.82) is 0 Å². The van der Waals surface area contributed by atoms with Gasteiger partial charge in [-0.1, -0.05) is 36.4 Å². The van der Waals surface area contributed by atoms with E-state index in [0.29, 0.717) is 29.7 Å². The van der Waals surface area contributed by atoms with Gasteiger partial charge in [0, 0.05) is 18.8 Å². The van der Waals surface area contributed by atoms with Crippen LogP contribution in [0.25, 0.3) is 16.8 Å². The first kappa shape index (κ1) is 21.9. The van der Waals surface area contributed by atoms with E-state index in [-0.39, 0.29) is 16.6 Å². The van der Waals surface area contributed by atoms with Crippen LogP contribution in [0.3, 0.4) is 0 Å². The van der Waals surface area contributed by atoms with Gasteiger partial charge in [-0.2, -0.15) is 4.31 Å².